The largest absolute Gasteiger partial charge is 0.390 e. The number of benzene rings is 1. The fourth-order valence-corrected chi connectivity index (χ4v) is 3.49. The van der Waals surface area contributed by atoms with Crippen molar-refractivity contribution >= 4 is 10.9 Å². The third-order valence-corrected chi connectivity index (χ3v) is 4.96. The second-order valence-corrected chi connectivity index (χ2v) is 6.79. The second-order valence-electron chi connectivity index (χ2n) is 6.79. The first-order valence-electron chi connectivity index (χ1n) is 8.62. The monoisotopic (exact) mass is 316 g/mol. The molecule has 2 heterocycles. The molecule has 23 heavy (non-hydrogen) atoms. The molecule has 0 unspecified atom stereocenters. The molecule has 1 aliphatic rings. The number of hydrogen-bond acceptors (Lipinski definition) is 3. The van der Waals surface area contributed by atoms with Crippen LogP contribution in [0.15, 0.2) is 18.2 Å². The van der Waals surface area contributed by atoms with E-state index in [1.165, 1.54) is 27.7 Å². The molecule has 4 heteroatoms. The van der Waals surface area contributed by atoms with Crippen LogP contribution in [0.25, 0.3) is 10.9 Å². The van der Waals surface area contributed by atoms with Gasteiger partial charge in [-0.15, -0.1) is 0 Å². The van der Waals surface area contributed by atoms with Crippen LogP contribution in [-0.4, -0.2) is 41.6 Å². The first-order valence-corrected chi connectivity index (χ1v) is 8.62. The Kier molecular flexibility index (Phi) is 5.05. The van der Waals surface area contributed by atoms with Gasteiger partial charge in [0.25, 0.3) is 0 Å². The van der Waals surface area contributed by atoms with E-state index < -0.39 is 6.10 Å². The van der Waals surface area contributed by atoms with Crippen molar-refractivity contribution in [1.82, 2.24) is 9.88 Å². The zero-order valence-corrected chi connectivity index (χ0v) is 14.4. The molecule has 0 radical (unpaired) electrons. The number of hydrogen-bond donors (Lipinski definition) is 2. The SMILES string of the molecule is Cc1ccc2c(c1)c(C)c(C)n2C[C@H](O)CNC[C@@H]1CCCO1. The highest BCUT2D eigenvalue weighted by Crippen LogP contribution is 2.26. The Morgan fingerprint density at radius 3 is 2.91 bits per heavy atom. The van der Waals surface area contributed by atoms with Crippen LogP contribution < -0.4 is 5.32 Å². The molecule has 1 aliphatic heterocycles. The second kappa shape index (κ2) is 7.04. The predicted molar refractivity (Wildman–Crippen MR) is 94.0 cm³/mol. The van der Waals surface area contributed by atoms with E-state index in [4.69, 9.17) is 4.74 Å². The van der Waals surface area contributed by atoms with Gasteiger partial charge in [-0.25, -0.2) is 0 Å². The van der Waals surface area contributed by atoms with Crippen molar-refractivity contribution in [3.8, 4) is 0 Å². The molecular weight excluding hydrogens is 288 g/mol. The smallest absolute Gasteiger partial charge is 0.0843 e. The highest BCUT2D eigenvalue weighted by Gasteiger charge is 2.17. The maximum atomic E-state index is 10.4. The van der Waals surface area contributed by atoms with Gasteiger partial charge in [-0.3, -0.25) is 0 Å². The van der Waals surface area contributed by atoms with E-state index in [1.54, 1.807) is 0 Å². The Morgan fingerprint density at radius 1 is 1.35 bits per heavy atom. The van der Waals surface area contributed by atoms with E-state index in [0.29, 0.717) is 19.2 Å². The molecule has 4 nitrogen and oxygen atoms in total. The van der Waals surface area contributed by atoms with Crippen molar-refractivity contribution in [2.24, 2.45) is 0 Å². The summed E-state index contributed by atoms with van der Waals surface area (Å²) in [5.74, 6) is 0. The number of rotatable bonds is 6. The summed E-state index contributed by atoms with van der Waals surface area (Å²) in [6, 6.07) is 6.53. The van der Waals surface area contributed by atoms with Gasteiger partial charge in [-0.1, -0.05) is 11.6 Å². The molecule has 2 aromatic rings. The van der Waals surface area contributed by atoms with Gasteiger partial charge in [0.05, 0.1) is 18.8 Å². The Hall–Kier alpha value is -1.36. The van der Waals surface area contributed by atoms with Crippen molar-refractivity contribution in [1.29, 1.82) is 0 Å². The molecule has 126 valence electrons. The van der Waals surface area contributed by atoms with Crippen LogP contribution >= 0.6 is 0 Å². The minimum Gasteiger partial charge on any atom is -0.390 e. The van der Waals surface area contributed by atoms with Gasteiger partial charge >= 0.3 is 0 Å². The van der Waals surface area contributed by atoms with Crippen molar-refractivity contribution in [2.75, 3.05) is 19.7 Å². The summed E-state index contributed by atoms with van der Waals surface area (Å²) in [4.78, 5) is 0. The number of nitrogens with zero attached hydrogens (tertiary/aromatic N) is 1. The van der Waals surface area contributed by atoms with Crippen LogP contribution in [0.4, 0.5) is 0 Å². The summed E-state index contributed by atoms with van der Waals surface area (Å²) in [5.41, 5.74) is 5.03. The lowest BCUT2D eigenvalue weighted by Gasteiger charge is -2.17. The Morgan fingerprint density at radius 2 is 2.17 bits per heavy atom. The molecule has 0 aliphatic carbocycles. The number of aliphatic hydroxyl groups is 1. The topological polar surface area (TPSA) is 46.4 Å². The van der Waals surface area contributed by atoms with Gasteiger partial charge in [0.2, 0.25) is 0 Å². The van der Waals surface area contributed by atoms with Gasteiger partial charge < -0.3 is 19.7 Å². The zero-order chi connectivity index (χ0) is 16.4. The van der Waals surface area contributed by atoms with Gasteiger partial charge in [-0.05, 0) is 51.3 Å². The van der Waals surface area contributed by atoms with Crippen LogP contribution in [0.2, 0.25) is 0 Å². The van der Waals surface area contributed by atoms with Crippen molar-refractivity contribution in [3.63, 3.8) is 0 Å². The Bertz CT molecular complexity index is 672. The lowest BCUT2D eigenvalue weighted by atomic mass is 10.1. The first-order chi connectivity index (χ1) is 11.1. The van der Waals surface area contributed by atoms with E-state index in [1.807, 2.05) is 0 Å². The van der Waals surface area contributed by atoms with Gasteiger partial charge in [-0.2, -0.15) is 0 Å². The molecule has 1 aromatic carbocycles. The summed E-state index contributed by atoms with van der Waals surface area (Å²) in [6.07, 6.45) is 2.21. The minimum absolute atomic E-state index is 0.321. The van der Waals surface area contributed by atoms with E-state index in [0.717, 1.165) is 26.0 Å². The fraction of sp³-hybridized carbons (Fsp3) is 0.579. The number of aromatic nitrogens is 1. The van der Waals surface area contributed by atoms with Gasteiger partial charge in [0.15, 0.2) is 0 Å². The average molecular weight is 316 g/mol. The average Bonchev–Trinajstić information content (AvgIpc) is 3.11. The van der Waals surface area contributed by atoms with E-state index in [2.05, 4.69) is 48.9 Å². The molecule has 0 saturated carbocycles. The number of aryl methyl sites for hydroxylation is 2. The van der Waals surface area contributed by atoms with Crippen molar-refractivity contribution in [2.45, 2.75) is 52.4 Å². The normalized spacial score (nSPS) is 19.6. The Balaban J connectivity index is 1.64. The number of nitrogens with one attached hydrogen (secondary N) is 1. The molecular formula is C19H28N2O2. The van der Waals surface area contributed by atoms with Crippen LogP contribution in [0.1, 0.15) is 29.7 Å². The van der Waals surface area contributed by atoms with E-state index in [-0.39, 0.29) is 0 Å². The molecule has 0 spiro atoms. The van der Waals surface area contributed by atoms with Crippen LogP contribution in [0.3, 0.4) is 0 Å². The summed E-state index contributed by atoms with van der Waals surface area (Å²) >= 11 is 0. The minimum atomic E-state index is -0.397. The number of aliphatic hydroxyl groups excluding tert-OH is 1. The third kappa shape index (κ3) is 3.60. The summed E-state index contributed by atoms with van der Waals surface area (Å²) in [5, 5.41) is 15.0. The first kappa shape index (κ1) is 16.5. The summed E-state index contributed by atoms with van der Waals surface area (Å²) < 4.78 is 7.83. The van der Waals surface area contributed by atoms with Crippen molar-refractivity contribution in [3.05, 3.63) is 35.0 Å². The molecule has 1 fully saturated rings. The fourth-order valence-electron chi connectivity index (χ4n) is 3.49. The number of fused-ring (bicyclic) bond motifs is 1. The molecule has 0 bridgehead atoms. The molecule has 2 N–H and O–H groups in total. The van der Waals surface area contributed by atoms with Gasteiger partial charge in [0, 0.05) is 36.3 Å². The molecule has 1 aromatic heterocycles. The van der Waals surface area contributed by atoms with Crippen LogP contribution in [0.5, 0.6) is 0 Å². The predicted octanol–water partition coefficient (Wildman–Crippen LogP) is 2.70. The quantitative estimate of drug-likeness (QED) is 0.861. The molecule has 2 atom stereocenters. The van der Waals surface area contributed by atoms with Crippen LogP contribution in [-0.2, 0) is 11.3 Å². The summed E-state index contributed by atoms with van der Waals surface area (Å²) in [7, 11) is 0. The standard InChI is InChI=1S/C19H28N2O2/c1-13-6-7-19-18(9-13)14(2)15(3)21(19)12-16(22)10-20-11-17-5-4-8-23-17/h6-7,9,16-17,20,22H,4-5,8,10-12H2,1-3H3/t16-,17+/m1/s1. The molecule has 0 amide bonds. The Labute approximate surface area is 138 Å². The van der Waals surface area contributed by atoms with Crippen molar-refractivity contribution < 1.29 is 9.84 Å². The third-order valence-electron chi connectivity index (χ3n) is 4.96. The lowest BCUT2D eigenvalue weighted by Crippen LogP contribution is -2.35. The van der Waals surface area contributed by atoms with Gasteiger partial charge in [0.1, 0.15) is 0 Å². The molecule has 1 saturated heterocycles. The van der Waals surface area contributed by atoms with E-state index >= 15 is 0 Å². The van der Waals surface area contributed by atoms with Crippen LogP contribution in [0, 0.1) is 20.8 Å². The maximum absolute atomic E-state index is 10.4. The number of ether oxygens (including phenoxy) is 1. The summed E-state index contributed by atoms with van der Waals surface area (Å²) in [6.45, 7) is 9.35. The highest BCUT2D eigenvalue weighted by molar-refractivity contribution is 5.85. The van der Waals surface area contributed by atoms with E-state index in [9.17, 15) is 5.11 Å². The lowest BCUT2D eigenvalue weighted by molar-refractivity contribution is 0.101. The molecule has 3 rings (SSSR count). The maximum Gasteiger partial charge on any atom is 0.0843 e. The highest BCUT2D eigenvalue weighted by atomic mass is 16.5. The zero-order valence-electron chi connectivity index (χ0n) is 14.4.